The van der Waals surface area contributed by atoms with Crippen LogP contribution in [-0.4, -0.2) is 11.7 Å². The van der Waals surface area contributed by atoms with Crippen LogP contribution in [0, 0.1) is 17.3 Å². The highest BCUT2D eigenvalue weighted by atomic mass is 35.5. The van der Waals surface area contributed by atoms with E-state index in [1.54, 1.807) is 6.07 Å². The largest absolute Gasteiger partial charge is 0.388 e. The molecule has 0 saturated heterocycles. The lowest BCUT2D eigenvalue weighted by molar-refractivity contribution is -0.0130. The molecular weight excluding hydrogens is 281 g/mol. The van der Waals surface area contributed by atoms with Gasteiger partial charge in [-0.1, -0.05) is 29.6 Å². The lowest BCUT2D eigenvalue weighted by atomic mass is 9.67. The van der Waals surface area contributed by atoms with Crippen molar-refractivity contribution >= 4 is 23.2 Å². The van der Waals surface area contributed by atoms with Gasteiger partial charge < -0.3 is 10.8 Å². The van der Waals surface area contributed by atoms with Crippen LogP contribution in [0.3, 0.4) is 0 Å². The minimum absolute atomic E-state index is 0.184. The summed E-state index contributed by atoms with van der Waals surface area (Å²) in [5.74, 6) is 1.27. The van der Waals surface area contributed by atoms with Gasteiger partial charge in [0.2, 0.25) is 0 Å². The molecule has 2 aliphatic rings. The van der Waals surface area contributed by atoms with Gasteiger partial charge >= 0.3 is 0 Å². The first kappa shape index (κ1) is 13.7. The monoisotopic (exact) mass is 299 g/mol. The second kappa shape index (κ2) is 4.92. The van der Waals surface area contributed by atoms with Crippen LogP contribution in [0.25, 0.3) is 0 Å². The van der Waals surface area contributed by atoms with E-state index < -0.39 is 6.10 Å². The number of hydrogen-bond donors (Lipinski definition) is 2. The Kier molecular flexibility index (Phi) is 3.55. The fraction of sp³-hybridized carbons (Fsp3) is 0.600. The standard InChI is InChI=1S/C15H19Cl2NO/c16-12-4-10(5-13(17)6-12)14(19)15(8-18)7-9-1-2-11(15)3-9/h4-6,9,11,14,19H,1-3,7-8,18H2. The van der Waals surface area contributed by atoms with Crippen molar-refractivity contribution in [3.05, 3.63) is 33.8 Å². The highest BCUT2D eigenvalue weighted by Crippen LogP contribution is 2.60. The zero-order valence-electron chi connectivity index (χ0n) is 10.8. The molecule has 19 heavy (non-hydrogen) atoms. The number of halogens is 2. The molecule has 0 amide bonds. The zero-order valence-corrected chi connectivity index (χ0v) is 12.3. The highest BCUT2D eigenvalue weighted by molar-refractivity contribution is 6.34. The molecule has 0 radical (unpaired) electrons. The molecule has 4 atom stereocenters. The van der Waals surface area contributed by atoms with Crippen LogP contribution < -0.4 is 5.73 Å². The third kappa shape index (κ3) is 2.19. The van der Waals surface area contributed by atoms with Crippen molar-refractivity contribution in [1.29, 1.82) is 0 Å². The zero-order chi connectivity index (χ0) is 13.6. The number of fused-ring (bicyclic) bond motifs is 2. The van der Waals surface area contributed by atoms with Gasteiger partial charge in [-0.15, -0.1) is 0 Å². The number of nitrogens with two attached hydrogens (primary N) is 1. The highest BCUT2D eigenvalue weighted by Gasteiger charge is 2.54. The lowest BCUT2D eigenvalue weighted by Crippen LogP contribution is -2.41. The molecule has 1 aromatic rings. The molecule has 3 rings (SSSR count). The Hall–Kier alpha value is -0.280. The SMILES string of the molecule is NCC1(C(O)c2cc(Cl)cc(Cl)c2)CC2CCC1C2. The van der Waals surface area contributed by atoms with Gasteiger partial charge in [-0.05, 0) is 54.9 Å². The average Bonchev–Trinajstić information content (AvgIpc) is 2.97. The first-order valence-electron chi connectivity index (χ1n) is 6.89. The number of aliphatic hydroxyl groups is 1. The molecule has 0 aliphatic heterocycles. The summed E-state index contributed by atoms with van der Waals surface area (Å²) >= 11 is 12.1. The van der Waals surface area contributed by atoms with E-state index in [4.69, 9.17) is 28.9 Å². The number of hydrogen-bond acceptors (Lipinski definition) is 2. The van der Waals surface area contributed by atoms with Gasteiger partial charge in [-0.25, -0.2) is 0 Å². The predicted molar refractivity (Wildman–Crippen MR) is 78.4 cm³/mol. The first-order chi connectivity index (χ1) is 9.05. The van der Waals surface area contributed by atoms with E-state index >= 15 is 0 Å². The molecule has 0 heterocycles. The normalized spacial score (nSPS) is 34.7. The Bertz CT molecular complexity index is 473. The molecule has 2 saturated carbocycles. The summed E-state index contributed by atoms with van der Waals surface area (Å²) in [5, 5.41) is 12.0. The Morgan fingerprint density at radius 1 is 1.26 bits per heavy atom. The van der Waals surface area contributed by atoms with E-state index in [-0.39, 0.29) is 5.41 Å². The maximum Gasteiger partial charge on any atom is 0.0862 e. The molecule has 0 aromatic heterocycles. The molecule has 2 fully saturated rings. The van der Waals surface area contributed by atoms with Crippen molar-refractivity contribution in [3.63, 3.8) is 0 Å². The molecular formula is C15H19Cl2NO. The van der Waals surface area contributed by atoms with Crippen LogP contribution in [0.5, 0.6) is 0 Å². The number of rotatable bonds is 3. The maximum atomic E-state index is 10.8. The van der Waals surface area contributed by atoms with E-state index in [1.165, 1.54) is 19.3 Å². The van der Waals surface area contributed by atoms with E-state index in [0.29, 0.717) is 22.5 Å². The quantitative estimate of drug-likeness (QED) is 0.892. The van der Waals surface area contributed by atoms with Gasteiger partial charge in [0.05, 0.1) is 6.10 Å². The van der Waals surface area contributed by atoms with E-state index in [2.05, 4.69) is 0 Å². The first-order valence-corrected chi connectivity index (χ1v) is 7.65. The van der Waals surface area contributed by atoms with Crippen LogP contribution in [-0.2, 0) is 0 Å². The van der Waals surface area contributed by atoms with E-state index in [1.807, 2.05) is 12.1 Å². The minimum atomic E-state index is -0.566. The Morgan fingerprint density at radius 2 is 1.95 bits per heavy atom. The Labute approximate surface area is 123 Å². The molecule has 2 bridgehead atoms. The number of aliphatic hydroxyl groups excluding tert-OH is 1. The Morgan fingerprint density at radius 3 is 2.42 bits per heavy atom. The molecule has 4 unspecified atom stereocenters. The molecule has 3 N–H and O–H groups in total. The smallest absolute Gasteiger partial charge is 0.0862 e. The topological polar surface area (TPSA) is 46.2 Å². The molecule has 1 aromatic carbocycles. The third-order valence-electron chi connectivity index (χ3n) is 5.15. The fourth-order valence-corrected chi connectivity index (χ4v) is 4.79. The van der Waals surface area contributed by atoms with Gasteiger partial charge in [0.15, 0.2) is 0 Å². The van der Waals surface area contributed by atoms with E-state index in [9.17, 15) is 5.11 Å². The van der Waals surface area contributed by atoms with Gasteiger partial charge in [0.1, 0.15) is 0 Å². The average molecular weight is 300 g/mol. The van der Waals surface area contributed by atoms with Crippen LogP contribution in [0.1, 0.15) is 37.4 Å². The maximum absolute atomic E-state index is 10.8. The van der Waals surface area contributed by atoms with Gasteiger partial charge in [-0.2, -0.15) is 0 Å². The number of benzene rings is 1. The Balaban J connectivity index is 1.95. The summed E-state index contributed by atoms with van der Waals surface area (Å²) in [4.78, 5) is 0. The summed E-state index contributed by atoms with van der Waals surface area (Å²) in [6.45, 7) is 0.527. The second-order valence-electron chi connectivity index (χ2n) is 6.12. The van der Waals surface area contributed by atoms with Crippen molar-refractivity contribution in [2.45, 2.75) is 31.8 Å². The summed E-state index contributed by atoms with van der Waals surface area (Å²) in [6.07, 6.45) is 4.15. The predicted octanol–water partition coefficient (Wildman–Crippen LogP) is 3.79. The molecule has 2 nitrogen and oxygen atoms in total. The minimum Gasteiger partial charge on any atom is -0.388 e. The van der Waals surface area contributed by atoms with Crippen LogP contribution in [0.2, 0.25) is 10.0 Å². The van der Waals surface area contributed by atoms with Crippen LogP contribution in [0.4, 0.5) is 0 Å². The van der Waals surface area contributed by atoms with Crippen molar-refractivity contribution in [2.75, 3.05) is 6.54 Å². The van der Waals surface area contributed by atoms with Gasteiger partial charge in [0, 0.05) is 22.0 Å². The molecule has 4 heteroatoms. The van der Waals surface area contributed by atoms with Crippen molar-refractivity contribution < 1.29 is 5.11 Å². The fourth-order valence-electron chi connectivity index (χ4n) is 4.25. The summed E-state index contributed by atoms with van der Waals surface area (Å²) in [5.41, 5.74) is 6.66. The molecule has 2 aliphatic carbocycles. The van der Waals surface area contributed by atoms with Crippen LogP contribution >= 0.6 is 23.2 Å². The van der Waals surface area contributed by atoms with Crippen molar-refractivity contribution in [1.82, 2.24) is 0 Å². The van der Waals surface area contributed by atoms with E-state index in [0.717, 1.165) is 17.9 Å². The van der Waals surface area contributed by atoms with Gasteiger partial charge in [0.25, 0.3) is 0 Å². The second-order valence-corrected chi connectivity index (χ2v) is 7.00. The van der Waals surface area contributed by atoms with Gasteiger partial charge in [-0.3, -0.25) is 0 Å². The van der Waals surface area contributed by atoms with Crippen LogP contribution in [0.15, 0.2) is 18.2 Å². The third-order valence-corrected chi connectivity index (χ3v) is 5.58. The molecule has 104 valence electrons. The van der Waals surface area contributed by atoms with Crippen molar-refractivity contribution in [3.8, 4) is 0 Å². The lowest BCUT2D eigenvalue weighted by Gasteiger charge is -2.41. The molecule has 0 spiro atoms. The summed E-state index contributed by atoms with van der Waals surface area (Å²) in [7, 11) is 0. The van der Waals surface area contributed by atoms with Crippen molar-refractivity contribution in [2.24, 2.45) is 23.0 Å². The summed E-state index contributed by atoms with van der Waals surface area (Å²) < 4.78 is 0. The summed E-state index contributed by atoms with van der Waals surface area (Å²) in [6, 6.07) is 5.30.